The minimum Gasteiger partial charge on any atom is -0.381 e. The smallest absolute Gasteiger partial charge is 0.164 e. The molecule has 208 valence electrons. The van der Waals surface area contributed by atoms with Gasteiger partial charge in [-0.15, -0.1) is 5.10 Å². The number of fused-ring (bicyclic) bond motifs is 1. The van der Waals surface area contributed by atoms with E-state index in [0.29, 0.717) is 11.1 Å². The number of nitriles is 1. The summed E-state index contributed by atoms with van der Waals surface area (Å²) in [4.78, 5) is 14.3. The first-order valence-electron chi connectivity index (χ1n) is 13.8. The number of rotatable bonds is 5. The van der Waals surface area contributed by atoms with Crippen LogP contribution in [0, 0.1) is 11.3 Å². The van der Waals surface area contributed by atoms with Gasteiger partial charge in [-0.05, 0) is 29.8 Å². The van der Waals surface area contributed by atoms with Gasteiger partial charge in [0.2, 0.25) is 0 Å². The molecule has 6 rings (SSSR count). The minimum atomic E-state index is 0.0607. The largest absolute Gasteiger partial charge is 0.381 e. The molecule has 41 heavy (non-hydrogen) atoms. The van der Waals surface area contributed by atoms with Crippen molar-refractivity contribution in [2.75, 3.05) is 36.8 Å². The number of hydrogen-bond donors (Lipinski definition) is 1. The maximum Gasteiger partial charge on any atom is 0.164 e. The van der Waals surface area contributed by atoms with Crippen LogP contribution < -0.4 is 10.6 Å². The van der Waals surface area contributed by atoms with Gasteiger partial charge < -0.3 is 10.6 Å². The Balaban J connectivity index is 1.20. The fourth-order valence-corrected chi connectivity index (χ4v) is 5.34. The molecule has 1 saturated heterocycles. The maximum atomic E-state index is 9.81. The molecule has 6 heterocycles. The highest BCUT2D eigenvalue weighted by molar-refractivity contribution is 5.90. The number of aryl methyl sites for hydroxylation is 1. The van der Waals surface area contributed by atoms with E-state index in [1.807, 2.05) is 37.9 Å². The Bertz CT molecular complexity index is 1730. The Labute approximate surface area is 239 Å². The summed E-state index contributed by atoms with van der Waals surface area (Å²) in [6.45, 7) is 11.2. The van der Waals surface area contributed by atoms with E-state index in [0.717, 1.165) is 66.5 Å². The van der Waals surface area contributed by atoms with Crippen LogP contribution in [0.4, 0.5) is 11.6 Å². The molecule has 0 aliphatic carbocycles. The average molecular weight is 547 g/mol. The second-order valence-corrected chi connectivity index (χ2v) is 11.7. The van der Waals surface area contributed by atoms with Crippen LogP contribution in [-0.2, 0) is 19.0 Å². The lowest BCUT2D eigenvalue weighted by atomic mass is 9.91. The van der Waals surface area contributed by atoms with E-state index in [-0.39, 0.29) is 11.2 Å². The van der Waals surface area contributed by atoms with Crippen LogP contribution in [0.15, 0.2) is 61.3 Å². The van der Waals surface area contributed by atoms with Crippen LogP contribution in [0.2, 0.25) is 0 Å². The number of piperazine rings is 1. The van der Waals surface area contributed by atoms with Crippen LogP contribution >= 0.6 is 0 Å². The van der Waals surface area contributed by atoms with Crippen LogP contribution in [-0.4, -0.2) is 60.4 Å². The summed E-state index contributed by atoms with van der Waals surface area (Å²) in [6.07, 6.45) is 9.52. The number of aromatic nitrogens is 6. The van der Waals surface area contributed by atoms with Gasteiger partial charge in [-0.1, -0.05) is 26.8 Å². The van der Waals surface area contributed by atoms with Gasteiger partial charge in [-0.25, -0.2) is 9.50 Å². The second kappa shape index (κ2) is 10.3. The molecule has 1 fully saturated rings. The SMILES string of the molecule is Cn1cc(-c2cc(-c3ccc(N4CCN(Cc5ccc(C(C)(C)C)nc5)CC4)nc3)c3c(C#N)c(N)nn3c2)cn1. The highest BCUT2D eigenvalue weighted by Crippen LogP contribution is 2.34. The predicted octanol–water partition coefficient (Wildman–Crippen LogP) is 4.27. The third-order valence-corrected chi connectivity index (χ3v) is 7.66. The van der Waals surface area contributed by atoms with Crippen molar-refractivity contribution in [3.8, 4) is 28.3 Å². The molecule has 2 N–H and O–H groups in total. The summed E-state index contributed by atoms with van der Waals surface area (Å²) in [5.41, 5.74) is 13.2. The molecule has 1 aliphatic heterocycles. The van der Waals surface area contributed by atoms with Crippen molar-refractivity contribution in [1.29, 1.82) is 5.26 Å². The maximum absolute atomic E-state index is 9.81. The molecule has 1 aliphatic rings. The Kier molecular flexibility index (Phi) is 6.67. The van der Waals surface area contributed by atoms with Gasteiger partial charge in [-0.3, -0.25) is 14.6 Å². The fourth-order valence-electron chi connectivity index (χ4n) is 5.34. The minimum absolute atomic E-state index is 0.0607. The number of nitrogen functional groups attached to an aromatic ring is 1. The van der Waals surface area contributed by atoms with Crippen LogP contribution in [0.3, 0.4) is 0 Å². The fraction of sp³-hybridized carbons (Fsp3) is 0.323. The summed E-state index contributed by atoms with van der Waals surface area (Å²) in [5.74, 6) is 1.15. The van der Waals surface area contributed by atoms with E-state index in [1.54, 1.807) is 15.4 Å². The third-order valence-electron chi connectivity index (χ3n) is 7.66. The van der Waals surface area contributed by atoms with Crippen molar-refractivity contribution in [3.63, 3.8) is 0 Å². The molecule has 0 amide bonds. The number of nitrogens with two attached hydrogens (primary N) is 1. The van der Waals surface area contributed by atoms with Crippen LogP contribution in [0.1, 0.15) is 37.6 Å². The number of anilines is 2. The summed E-state index contributed by atoms with van der Waals surface area (Å²) >= 11 is 0. The van der Waals surface area contributed by atoms with Crippen molar-refractivity contribution < 1.29 is 0 Å². The Morgan fingerprint density at radius 2 is 1.73 bits per heavy atom. The first-order chi connectivity index (χ1) is 19.7. The molecule has 10 heteroatoms. The third kappa shape index (κ3) is 5.24. The van der Waals surface area contributed by atoms with E-state index in [1.165, 1.54) is 5.56 Å². The van der Waals surface area contributed by atoms with E-state index < -0.39 is 0 Å². The van der Waals surface area contributed by atoms with Gasteiger partial charge >= 0.3 is 0 Å². The highest BCUT2D eigenvalue weighted by atomic mass is 15.3. The van der Waals surface area contributed by atoms with Crippen molar-refractivity contribution in [3.05, 3.63) is 78.1 Å². The van der Waals surface area contributed by atoms with Crippen LogP contribution in [0.25, 0.3) is 27.8 Å². The molecule has 0 radical (unpaired) electrons. The molecule has 0 saturated carbocycles. The number of nitrogens with zero attached hydrogens (tertiary/aromatic N) is 9. The summed E-state index contributed by atoms with van der Waals surface area (Å²) < 4.78 is 3.44. The monoisotopic (exact) mass is 546 g/mol. The predicted molar refractivity (Wildman–Crippen MR) is 160 cm³/mol. The van der Waals surface area contributed by atoms with Gasteiger partial charge in [0.1, 0.15) is 17.5 Å². The molecule has 0 atom stereocenters. The van der Waals surface area contributed by atoms with Gasteiger partial charge in [0, 0.05) is 97.9 Å². The molecule has 0 unspecified atom stereocenters. The lowest BCUT2D eigenvalue weighted by Crippen LogP contribution is -2.46. The normalized spacial score (nSPS) is 14.5. The van der Waals surface area contributed by atoms with Gasteiger partial charge in [0.25, 0.3) is 0 Å². The zero-order valence-corrected chi connectivity index (χ0v) is 23.9. The summed E-state index contributed by atoms with van der Waals surface area (Å²) in [7, 11) is 1.88. The van der Waals surface area contributed by atoms with Crippen molar-refractivity contribution >= 4 is 17.2 Å². The molecular weight excluding hydrogens is 512 g/mol. The first kappa shape index (κ1) is 26.5. The number of hydrogen-bond acceptors (Lipinski definition) is 8. The molecule has 5 aromatic rings. The topological polar surface area (TPSA) is 117 Å². The van der Waals surface area contributed by atoms with E-state index >= 15 is 0 Å². The first-order valence-corrected chi connectivity index (χ1v) is 13.8. The molecule has 0 spiro atoms. The van der Waals surface area contributed by atoms with E-state index in [4.69, 9.17) is 10.7 Å². The lowest BCUT2D eigenvalue weighted by molar-refractivity contribution is 0.249. The van der Waals surface area contributed by atoms with Crippen LogP contribution in [0.5, 0.6) is 0 Å². The zero-order chi connectivity index (χ0) is 28.7. The van der Waals surface area contributed by atoms with Crippen molar-refractivity contribution in [2.24, 2.45) is 7.05 Å². The molecule has 0 bridgehead atoms. The quantitative estimate of drug-likeness (QED) is 0.347. The lowest BCUT2D eigenvalue weighted by Gasteiger charge is -2.35. The van der Waals surface area contributed by atoms with Gasteiger partial charge in [0.15, 0.2) is 5.82 Å². The van der Waals surface area contributed by atoms with E-state index in [9.17, 15) is 5.26 Å². The van der Waals surface area contributed by atoms with Crippen molar-refractivity contribution in [2.45, 2.75) is 32.7 Å². The Morgan fingerprint density at radius 1 is 0.927 bits per heavy atom. The summed E-state index contributed by atoms with van der Waals surface area (Å²) in [5, 5.41) is 18.5. The average Bonchev–Trinajstić information content (AvgIpc) is 3.54. The molecule has 10 nitrogen and oxygen atoms in total. The second-order valence-electron chi connectivity index (χ2n) is 11.7. The molecular formula is C31H34N10. The standard InChI is InChI=1S/C31H34N10/c1-31(2,3)27-7-5-21(15-34-27)18-39-9-11-40(12-10-39)28-8-6-22(16-35-28)25-13-23(24-17-36-38(4)19-24)20-41-29(25)26(14-32)30(33)37-41/h5-8,13,15-17,19-20H,9-12,18H2,1-4H3,(H2,33,37). The zero-order valence-electron chi connectivity index (χ0n) is 23.9. The Hall–Kier alpha value is -4.75. The number of pyridine rings is 3. The molecule has 0 aromatic carbocycles. The van der Waals surface area contributed by atoms with Crippen molar-refractivity contribution in [1.82, 2.24) is 34.3 Å². The highest BCUT2D eigenvalue weighted by Gasteiger charge is 2.21. The summed E-state index contributed by atoms with van der Waals surface area (Å²) in [6, 6.07) is 12.7. The van der Waals surface area contributed by atoms with Gasteiger partial charge in [0.05, 0.1) is 11.7 Å². The van der Waals surface area contributed by atoms with E-state index in [2.05, 4.69) is 76.1 Å². The Morgan fingerprint density at radius 3 is 2.34 bits per heavy atom. The molecule has 5 aromatic heterocycles. The van der Waals surface area contributed by atoms with Gasteiger partial charge in [-0.2, -0.15) is 10.4 Å².